The van der Waals surface area contributed by atoms with E-state index in [0.717, 1.165) is 38.7 Å². The van der Waals surface area contributed by atoms with E-state index in [9.17, 15) is 9.90 Å². The lowest BCUT2D eigenvalue weighted by atomic mass is 9.69. The fourth-order valence-corrected chi connectivity index (χ4v) is 6.25. The summed E-state index contributed by atoms with van der Waals surface area (Å²) < 4.78 is 20.4. The Hall–Kier alpha value is -4.40. The standard InChI is InChI=1S/C31H27N3O5/c1-18(35)33-27-29(36)31(19-8-4-3-5-9-19)16-38-28-21(11-6-12-23(28)31)20-10-7-13-24-26(20)22(15-34(24)17-37-2)25-14-32-30(27)39-25/h3-15,27,29,36H,16-17H2,1-2H3,(H,33,35). The number of aliphatic hydroxyl groups excluding tert-OH is 1. The molecule has 39 heavy (non-hydrogen) atoms. The molecule has 3 aromatic carbocycles. The van der Waals surface area contributed by atoms with Crippen LogP contribution in [0.15, 0.2) is 83.5 Å². The Morgan fingerprint density at radius 2 is 1.90 bits per heavy atom. The van der Waals surface area contributed by atoms with Crippen LogP contribution in [0, 0.1) is 0 Å². The van der Waals surface area contributed by atoms with Gasteiger partial charge in [-0.05, 0) is 17.2 Å². The molecular formula is C31H27N3O5. The molecule has 8 nitrogen and oxygen atoms in total. The van der Waals surface area contributed by atoms with E-state index in [1.54, 1.807) is 13.3 Å². The predicted molar refractivity (Wildman–Crippen MR) is 145 cm³/mol. The molecule has 2 N–H and O–H groups in total. The number of nitrogens with zero attached hydrogens (tertiary/aromatic N) is 2. The van der Waals surface area contributed by atoms with Crippen LogP contribution in [-0.4, -0.2) is 40.4 Å². The molecule has 6 bridgehead atoms. The molecule has 0 aliphatic carbocycles. The Kier molecular flexibility index (Phi) is 5.36. The van der Waals surface area contributed by atoms with Gasteiger partial charge in [0.1, 0.15) is 31.2 Å². The molecule has 0 saturated heterocycles. The number of oxazole rings is 1. The van der Waals surface area contributed by atoms with Crippen LogP contribution < -0.4 is 10.1 Å². The SMILES string of the molecule is COCn1cc2c3c(cccc31)-c1cccc3c1OCC3(c1ccccc1)C(O)C(NC(C)=O)c1ncc-2o1. The van der Waals surface area contributed by atoms with Crippen molar-refractivity contribution in [1.29, 1.82) is 0 Å². The second kappa shape index (κ2) is 8.83. The molecule has 0 radical (unpaired) electrons. The van der Waals surface area contributed by atoms with Crippen LogP contribution in [0.25, 0.3) is 33.4 Å². The van der Waals surface area contributed by atoms with E-state index in [1.807, 2.05) is 71.4 Å². The molecular weight excluding hydrogens is 494 g/mol. The number of ether oxygens (including phenoxy) is 2. The van der Waals surface area contributed by atoms with Gasteiger partial charge < -0.3 is 28.9 Å². The van der Waals surface area contributed by atoms with Gasteiger partial charge in [0, 0.05) is 42.3 Å². The van der Waals surface area contributed by atoms with Gasteiger partial charge in [-0.15, -0.1) is 0 Å². The van der Waals surface area contributed by atoms with Gasteiger partial charge in [-0.1, -0.05) is 60.7 Å². The predicted octanol–water partition coefficient (Wildman–Crippen LogP) is 4.80. The minimum absolute atomic E-state index is 0.182. The molecule has 8 heteroatoms. The van der Waals surface area contributed by atoms with Gasteiger partial charge in [0.2, 0.25) is 11.8 Å². The number of carbonyl (C=O) groups is 1. The van der Waals surface area contributed by atoms with E-state index < -0.39 is 17.6 Å². The third-order valence-electron chi connectivity index (χ3n) is 7.93. The Labute approximate surface area is 224 Å². The monoisotopic (exact) mass is 521 g/mol. The summed E-state index contributed by atoms with van der Waals surface area (Å²) in [5.74, 6) is 1.16. The van der Waals surface area contributed by atoms with Gasteiger partial charge in [0.05, 0.1) is 17.1 Å². The van der Waals surface area contributed by atoms with Crippen molar-refractivity contribution in [1.82, 2.24) is 14.9 Å². The molecule has 0 fully saturated rings. The van der Waals surface area contributed by atoms with E-state index in [-0.39, 0.29) is 18.4 Å². The summed E-state index contributed by atoms with van der Waals surface area (Å²) in [6, 6.07) is 21.0. The van der Waals surface area contributed by atoms with Crippen molar-refractivity contribution in [3.8, 4) is 28.2 Å². The quantitative estimate of drug-likeness (QED) is 0.353. The van der Waals surface area contributed by atoms with Crippen molar-refractivity contribution in [3.05, 3.63) is 96.1 Å². The van der Waals surface area contributed by atoms with Gasteiger partial charge in [0.25, 0.3) is 0 Å². The van der Waals surface area contributed by atoms with Gasteiger partial charge >= 0.3 is 0 Å². The lowest BCUT2D eigenvalue weighted by Crippen LogP contribution is -2.50. The van der Waals surface area contributed by atoms with Crippen LogP contribution in [0.1, 0.15) is 30.0 Å². The molecule has 196 valence electrons. The summed E-state index contributed by atoms with van der Waals surface area (Å²) in [4.78, 5) is 17.0. The summed E-state index contributed by atoms with van der Waals surface area (Å²) in [5.41, 5.74) is 4.42. The number of aliphatic hydroxyl groups is 1. The number of hydrogen-bond donors (Lipinski definition) is 2. The zero-order chi connectivity index (χ0) is 26.7. The number of aromatic nitrogens is 2. The number of amides is 1. The third kappa shape index (κ3) is 3.38. The first-order chi connectivity index (χ1) is 19.0. The highest BCUT2D eigenvalue weighted by Gasteiger charge is 2.53. The lowest BCUT2D eigenvalue weighted by molar-refractivity contribution is -0.121. The van der Waals surface area contributed by atoms with Crippen LogP contribution in [0.2, 0.25) is 0 Å². The summed E-state index contributed by atoms with van der Waals surface area (Å²) in [7, 11) is 1.66. The van der Waals surface area contributed by atoms with E-state index in [0.29, 0.717) is 18.2 Å². The zero-order valence-electron chi connectivity index (χ0n) is 21.5. The molecule has 0 saturated carbocycles. The number of fused-ring (bicyclic) bond motifs is 4. The third-order valence-corrected chi connectivity index (χ3v) is 7.93. The molecule has 2 aromatic heterocycles. The first-order valence-corrected chi connectivity index (χ1v) is 12.9. The topological polar surface area (TPSA) is 98.8 Å². The maximum absolute atomic E-state index is 12.4. The summed E-state index contributed by atoms with van der Waals surface area (Å²) in [6.07, 6.45) is 2.48. The van der Waals surface area contributed by atoms with E-state index in [2.05, 4.69) is 16.4 Å². The van der Waals surface area contributed by atoms with Crippen molar-refractivity contribution < 1.29 is 23.8 Å². The Morgan fingerprint density at radius 1 is 1.10 bits per heavy atom. The highest BCUT2D eigenvalue weighted by molar-refractivity contribution is 6.06. The number of rotatable bonds is 4. The summed E-state index contributed by atoms with van der Waals surface area (Å²) in [6.45, 7) is 1.96. The van der Waals surface area contributed by atoms with E-state index in [4.69, 9.17) is 13.9 Å². The van der Waals surface area contributed by atoms with Crippen molar-refractivity contribution in [3.63, 3.8) is 0 Å². The van der Waals surface area contributed by atoms with E-state index >= 15 is 0 Å². The maximum Gasteiger partial charge on any atom is 0.220 e. The van der Waals surface area contributed by atoms with E-state index in [1.165, 1.54) is 6.92 Å². The van der Waals surface area contributed by atoms with Gasteiger partial charge in [-0.2, -0.15) is 0 Å². The number of benzene rings is 3. The van der Waals surface area contributed by atoms with Crippen LogP contribution in [0.4, 0.5) is 0 Å². The number of nitrogens with one attached hydrogen (secondary N) is 1. The fourth-order valence-electron chi connectivity index (χ4n) is 6.25. The van der Waals surface area contributed by atoms with Crippen LogP contribution >= 0.6 is 0 Å². The number of hydrogen-bond acceptors (Lipinski definition) is 6. The maximum atomic E-state index is 12.4. The molecule has 3 unspecified atom stereocenters. The average molecular weight is 522 g/mol. The normalized spacial score (nSPS) is 21.2. The second-order valence-corrected chi connectivity index (χ2v) is 10.1. The number of methoxy groups -OCH3 is 1. The first-order valence-electron chi connectivity index (χ1n) is 12.9. The molecule has 3 atom stereocenters. The van der Waals surface area contributed by atoms with Gasteiger partial charge in [-0.3, -0.25) is 4.79 Å². The summed E-state index contributed by atoms with van der Waals surface area (Å²) in [5, 5.41) is 16.1. The van der Waals surface area contributed by atoms with Crippen molar-refractivity contribution >= 4 is 16.8 Å². The molecule has 5 aromatic rings. The van der Waals surface area contributed by atoms with Gasteiger partial charge in [0.15, 0.2) is 5.76 Å². The largest absolute Gasteiger partial charge is 0.491 e. The molecule has 1 amide bonds. The minimum atomic E-state index is -1.15. The Morgan fingerprint density at radius 3 is 2.69 bits per heavy atom. The lowest BCUT2D eigenvalue weighted by Gasteiger charge is -2.37. The van der Waals surface area contributed by atoms with Crippen molar-refractivity contribution in [2.24, 2.45) is 0 Å². The molecule has 4 heterocycles. The van der Waals surface area contributed by atoms with Crippen molar-refractivity contribution in [2.75, 3.05) is 13.7 Å². The highest BCUT2D eigenvalue weighted by atomic mass is 16.5. The fraction of sp³-hybridized carbons (Fsp3) is 0.226. The smallest absolute Gasteiger partial charge is 0.220 e. The first kappa shape index (κ1) is 23.7. The second-order valence-electron chi connectivity index (χ2n) is 10.1. The van der Waals surface area contributed by atoms with Crippen LogP contribution in [0.3, 0.4) is 0 Å². The molecule has 7 rings (SSSR count). The number of carbonyl (C=O) groups excluding carboxylic acids is 1. The van der Waals surface area contributed by atoms with Crippen LogP contribution in [0.5, 0.6) is 5.75 Å². The van der Waals surface area contributed by atoms with Crippen molar-refractivity contribution in [2.45, 2.75) is 31.2 Å². The molecule has 2 aliphatic rings. The summed E-state index contributed by atoms with van der Waals surface area (Å²) >= 11 is 0. The van der Waals surface area contributed by atoms with Crippen LogP contribution in [-0.2, 0) is 21.7 Å². The highest BCUT2D eigenvalue weighted by Crippen LogP contribution is 2.53. The number of para-hydroxylation sites is 1. The molecule has 0 spiro atoms. The Balaban J connectivity index is 1.61. The average Bonchev–Trinajstić information content (AvgIpc) is 3.68. The molecule has 2 aliphatic heterocycles. The van der Waals surface area contributed by atoms with Gasteiger partial charge in [-0.25, -0.2) is 4.98 Å². The Bertz CT molecular complexity index is 1720. The minimum Gasteiger partial charge on any atom is -0.491 e. The zero-order valence-corrected chi connectivity index (χ0v) is 21.5.